The van der Waals surface area contributed by atoms with Crippen molar-refractivity contribution in [2.24, 2.45) is 0 Å². The quantitative estimate of drug-likeness (QED) is 0.537. The Bertz CT molecular complexity index is 696. The number of halogens is 2. The van der Waals surface area contributed by atoms with Gasteiger partial charge in [0, 0.05) is 0 Å². The van der Waals surface area contributed by atoms with E-state index in [1.165, 1.54) is 5.56 Å². The van der Waals surface area contributed by atoms with Crippen LogP contribution in [0.15, 0.2) is 41.3 Å². The number of nitrogens with zero attached hydrogens (tertiary/aromatic N) is 4. The van der Waals surface area contributed by atoms with Gasteiger partial charge in [-0.2, -0.15) is 4.98 Å². The molecule has 0 bridgehead atoms. The lowest BCUT2D eigenvalue weighted by molar-refractivity contribution is 0.813. The first-order valence-corrected chi connectivity index (χ1v) is 6.49. The molecule has 0 aliphatic carbocycles. The third-order valence-electron chi connectivity index (χ3n) is 2.59. The zero-order valence-corrected chi connectivity index (χ0v) is 11.6. The van der Waals surface area contributed by atoms with Crippen LogP contribution in [0, 0.1) is 0 Å². The molecule has 18 heavy (non-hydrogen) atoms. The molecule has 0 unspecified atom stereocenters. The fraction of sp³-hybridized carbons (Fsp3) is 0.0833. The minimum atomic E-state index is 0.212. The first-order chi connectivity index (χ1) is 8.74. The number of hydrogen-bond donors (Lipinski definition) is 0. The summed E-state index contributed by atoms with van der Waals surface area (Å²) < 4.78 is 2.56. The molecule has 4 nitrogen and oxygen atoms in total. The maximum Gasteiger partial charge on any atom is 0.225 e. The molecule has 2 heterocycles. The smallest absolute Gasteiger partial charge is 0.225 e. The molecule has 0 atom stereocenters. The van der Waals surface area contributed by atoms with Crippen molar-refractivity contribution in [2.75, 3.05) is 0 Å². The van der Waals surface area contributed by atoms with Gasteiger partial charge in [-0.3, -0.25) is 0 Å². The highest BCUT2D eigenvalue weighted by Crippen LogP contribution is 2.21. The van der Waals surface area contributed by atoms with Crippen molar-refractivity contribution in [3.05, 3.63) is 52.1 Å². The Balaban J connectivity index is 2.08. The van der Waals surface area contributed by atoms with Crippen molar-refractivity contribution in [3.63, 3.8) is 0 Å². The average Bonchev–Trinajstić information content (AvgIpc) is 2.74. The van der Waals surface area contributed by atoms with E-state index >= 15 is 0 Å². The first-order valence-electron chi connectivity index (χ1n) is 5.32. The van der Waals surface area contributed by atoms with Crippen molar-refractivity contribution in [2.45, 2.75) is 6.54 Å². The summed E-state index contributed by atoms with van der Waals surface area (Å²) in [5.41, 5.74) is 2.63. The van der Waals surface area contributed by atoms with E-state index < -0.39 is 0 Å². The molecular weight excluding hydrogens is 316 g/mol. The van der Waals surface area contributed by atoms with E-state index in [2.05, 4.69) is 43.0 Å². The van der Waals surface area contributed by atoms with Gasteiger partial charge in [0.15, 0.2) is 5.65 Å². The summed E-state index contributed by atoms with van der Waals surface area (Å²) in [7, 11) is 0. The molecule has 0 radical (unpaired) electrons. The first kappa shape index (κ1) is 11.6. The van der Waals surface area contributed by atoms with Crippen molar-refractivity contribution in [1.29, 1.82) is 0 Å². The lowest BCUT2D eigenvalue weighted by atomic mass is 10.2. The predicted octanol–water partition coefficient (Wildman–Crippen LogP) is 3.29. The number of fused-ring (bicyclic) bond motifs is 1. The highest BCUT2D eigenvalue weighted by Gasteiger charge is 2.10. The molecule has 6 heteroatoms. The van der Waals surface area contributed by atoms with Gasteiger partial charge in [-0.1, -0.05) is 30.3 Å². The third-order valence-corrected chi connectivity index (χ3v) is 3.31. The van der Waals surface area contributed by atoms with Gasteiger partial charge in [0.2, 0.25) is 5.28 Å². The second-order valence-electron chi connectivity index (χ2n) is 3.81. The number of imidazole rings is 1. The largest absolute Gasteiger partial charge is 0.311 e. The Morgan fingerprint density at radius 2 is 1.94 bits per heavy atom. The molecule has 0 saturated carbocycles. The minimum absolute atomic E-state index is 0.212. The lowest BCUT2D eigenvalue weighted by Gasteiger charge is -2.03. The SMILES string of the molecule is Clc1nc(Br)c2ncn(Cc3ccccc3)c2n1. The van der Waals surface area contributed by atoms with Crippen molar-refractivity contribution < 1.29 is 0 Å². The van der Waals surface area contributed by atoms with E-state index in [1.54, 1.807) is 6.33 Å². The van der Waals surface area contributed by atoms with Gasteiger partial charge in [0.25, 0.3) is 0 Å². The van der Waals surface area contributed by atoms with Gasteiger partial charge in [0.05, 0.1) is 12.9 Å². The Kier molecular flexibility index (Phi) is 3.01. The van der Waals surface area contributed by atoms with E-state index in [4.69, 9.17) is 11.6 Å². The molecule has 0 spiro atoms. The zero-order valence-electron chi connectivity index (χ0n) is 9.22. The molecule has 3 rings (SSSR count). The Morgan fingerprint density at radius 1 is 1.17 bits per heavy atom. The number of benzene rings is 1. The maximum atomic E-state index is 5.86. The highest BCUT2D eigenvalue weighted by molar-refractivity contribution is 9.10. The number of rotatable bonds is 2. The number of aromatic nitrogens is 4. The zero-order chi connectivity index (χ0) is 12.5. The monoisotopic (exact) mass is 322 g/mol. The molecule has 1 aromatic carbocycles. The molecule has 3 aromatic rings. The molecule has 0 aliphatic rings. The summed E-state index contributed by atoms with van der Waals surface area (Å²) in [5, 5.41) is 0.212. The molecule has 2 aromatic heterocycles. The van der Waals surface area contributed by atoms with Crippen LogP contribution in [-0.2, 0) is 6.54 Å². The van der Waals surface area contributed by atoms with Crippen molar-refractivity contribution in [3.8, 4) is 0 Å². The third kappa shape index (κ3) is 2.11. The van der Waals surface area contributed by atoms with Gasteiger partial charge in [-0.25, -0.2) is 9.97 Å². The Hall–Kier alpha value is -1.46. The fourth-order valence-corrected chi connectivity index (χ4v) is 2.50. The normalized spacial score (nSPS) is 11.0. The predicted molar refractivity (Wildman–Crippen MR) is 73.6 cm³/mol. The Morgan fingerprint density at radius 3 is 2.72 bits per heavy atom. The molecule has 0 fully saturated rings. The number of hydrogen-bond acceptors (Lipinski definition) is 3. The van der Waals surface area contributed by atoms with Crippen LogP contribution in [0.5, 0.6) is 0 Å². The summed E-state index contributed by atoms with van der Waals surface area (Å²) in [6.45, 7) is 0.705. The second-order valence-corrected chi connectivity index (χ2v) is 4.90. The summed E-state index contributed by atoms with van der Waals surface area (Å²) >= 11 is 9.20. The topological polar surface area (TPSA) is 43.6 Å². The standard InChI is InChI=1S/C12H8BrClN4/c13-10-9-11(17-12(14)16-10)18(7-15-9)6-8-4-2-1-3-5-8/h1-5,7H,6H2. The average molecular weight is 324 g/mol. The molecule has 90 valence electrons. The summed E-state index contributed by atoms with van der Waals surface area (Å²) in [6.07, 6.45) is 1.74. The van der Waals surface area contributed by atoms with E-state index in [0.717, 1.165) is 11.2 Å². The summed E-state index contributed by atoms with van der Waals surface area (Å²) in [4.78, 5) is 12.5. The molecule has 0 amide bonds. The van der Waals surface area contributed by atoms with Crippen molar-refractivity contribution in [1.82, 2.24) is 19.5 Å². The van der Waals surface area contributed by atoms with Gasteiger partial charge in [-0.05, 0) is 33.1 Å². The molecule has 0 saturated heterocycles. The van der Waals surface area contributed by atoms with Gasteiger partial charge < -0.3 is 4.57 Å². The van der Waals surface area contributed by atoms with Crippen LogP contribution in [0.25, 0.3) is 11.2 Å². The highest BCUT2D eigenvalue weighted by atomic mass is 79.9. The Labute approximate surface area is 117 Å². The van der Waals surface area contributed by atoms with Crippen LogP contribution in [0.1, 0.15) is 5.56 Å². The van der Waals surface area contributed by atoms with Crippen LogP contribution in [0.3, 0.4) is 0 Å². The lowest BCUT2D eigenvalue weighted by Crippen LogP contribution is -1.99. The van der Waals surface area contributed by atoms with E-state index in [0.29, 0.717) is 11.1 Å². The van der Waals surface area contributed by atoms with Crippen LogP contribution in [-0.4, -0.2) is 19.5 Å². The van der Waals surface area contributed by atoms with Gasteiger partial charge in [0.1, 0.15) is 10.1 Å². The summed E-state index contributed by atoms with van der Waals surface area (Å²) in [5.74, 6) is 0. The maximum absolute atomic E-state index is 5.86. The minimum Gasteiger partial charge on any atom is -0.311 e. The molecule has 0 aliphatic heterocycles. The van der Waals surface area contributed by atoms with Crippen LogP contribution in [0.4, 0.5) is 0 Å². The molecule has 0 N–H and O–H groups in total. The van der Waals surface area contributed by atoms with Crippen LogP contribution >= 0.6 is 27.5 Å². The van der Waals surface area contributed by atoms with Crippen molar-refractivity contribution >= 4 is 38.7 Å². The van der Waals surface area contributed by atoms with Crippen LogP contribution in [0.2, 0.25) is 5.28 Å². The van der Waals surface area contributed by atoms with E-state index in [9.17, 15) is 0 Å². The fourth-order valence-electron chi connectivity index (χ4n) is 1.78. The summed E-state index contributed by atoms with van der Waals surface area (Å²) in [6, 6.07) is 10.1. The van der Waals surface area contributed by atoms with E-state index in [1.807, 2.05) is 22.8 Å². The van der Waals surface area contributed by atoms with E-state index in [-0.39, 0.29) is 5.28 Å². The van der Waals surface area contributed by atoms with Gasteiger partial charge >= 0.3 is 0 Å². The molecular formula is C12H8BrClN4. The van der Waals surface area contributed by atoms with Crippen LogP contribution < -0.4 is 0 Å². The van der Waals surface area contributed by atoms with Gasteiger partial charge in [-0.15, -0.1) is 0 Å². The second kappa shape index (κ2) is 4.66.